The van der Waals surface area contributed by atoms with Gasteiger partial charge in [-0.05, 0) is 49.6 Å². The molecule has 0 bridgehead atoms. The molecule has 0 aliphatic heterocycles. The first-order chi connectivity index (χ1) is 10.5. The first-order valence-corrected chi connectivity index (χ1v) is 9.04. The highest BCUT2D eigenvalue weighted by Crippen LogP contribution is 2.24. The molecule has 0 saturated carbocycles. The molecule has 116 valence electrons. The molecular formula is C18H20BrNOS. The summed E-state index contributed by atoms with van der Waals surface area (Å²) in [6.45, 7) is 5.98. The van der Waals surface area contributed by atoms with Crippen molar-refractivity contribution in [2.75, 3.05) is 5.32 Å². The van der Waals surface area contributed by atoms with Gasteiger partial charge >= 0.3 is 0 Å². The van der Waals surface area contributed by atoms with Crippen molar-refractivity contribution < 1.29 is 4.79 Å². The predicted molar refractivity (Wildman–Crippen MR) is 99.4 cm³/mol. The molecule has 0 aliphatic carbocycles. The smallest absolute Gasteiger partial charge is 0.237 e. The average molecular weight is 378 g/mol. The quantitative estimate of drug-likeness (QED) is 0.762. The van der Waals surface area contributed by atoms with Crippen LogP contribution in [0.1, 0.15) is 23.6 Å². The molecule has 2 rings (SSSR count). The highest BCUT2D eigenvalue weighted by molar-refractivity contribution is 9.10. The first-order valence-electron chi connectivity index (χ1n) is 7.20. The Kier molecular flexibility index (Phi) is 6.09. The number of amides is 1. The van der Waals surface area contributed by atoms with Crippen LogP contribution in [0, 0.1) is 13.8 Å². The molecule has 22 heavy (non-hydrogen) atoms. The van der Waals surface area contributed by atoms with Crippen LogP contribution in [0.4, 0.5) is 5.69 Å². The third-order valence-corrected chi connectivity index (χ3v) is 5.19. The molecule has 2 aromatic carbocycles. The second-order valence-corrected chi connectivity index (χ2v) is 7.58. The highest BCUT2D eigenvalue weighted by Gasteiger charge is 2.15. The number of halogens is 1. The zero-order valence-corrected chi connectivity index (χ0v) is 15.4. The number of aryl methyl sites for hydroxylation is 2. The fraction of sp³-hybridized carbons (Fsp3) is 0.278. The van der Waals surface area contributed by atoms with Crippen LogP contribution in [0.25, 0.3) is 0 Å². The van der Waals surface area contributed by atoms with Crippen LogP contribution >= 0.6 is 27.7 Å². The first kappa shape index (κ1) is 17.1. The predicted octanol–water partition coefficient (Wildman–Crippen LogP) is 5.33. The Balaban J connectivity index is 1.95. The van der Waals surface area contributed by atoms with Gasteiger partial charge in [-0.3, -0.25) is 4.79 Å². The van der Waals surface area contributed by atoms with Crippen LogP contribution in [0.15, 0.2) is 46.9 Å². The van der Waals surface area contributed by atoms with Crippen molar-refractivity contribution >= 4 is 39.3 Å². The summed E-state index contributed by atoms with van der Waals surface area (Å²) >= 11 is 5.11. The summed E-state index contributed by atoms with van der Waals surface area (Å²) in [6.07, 6.45) is 0. The maximum atomic E-state index is 12.4. The normalized spacial score (nSPS) is 12.0. The number of rotatable bonds is 5. The zero-order chi connectivity index (χ0) is 16.1. The van der Waals surface area contributed by atoms with Gasteiger partial charge in [-0.1, -0.05) is 46.3 Å². The summed E-state index contributed by atoms with van der Waals surface area (Å²) < 4.78 is 1.07. The van der Waals surface area contributed by atoms with Gasteiger partial charge in [0, 0.05) is 15.9 Å². The summed E-state index contributed by atoms with van der Waals surface area (Å²) in [5, 5.41) is 2.96. The number of thioether (sulfide) groups is 1. The van der Waals surface area contributed by atoms with Crippen molar-refractivity contribution in [1.82, 2.24) is 0 Å². The molecular weight excluding hydrogens is 358 g/mol. The van der Waals surface area contributed by atoms with Gasteiger partial charge in [0.05, 0.1) is 5.25 Å². The van der Waals surface area contributed by atoms with Gasteiger partial charge in [-0.2, -0.15) is 0 Å². The van der Waals surface area contributed by atoms with E-state index in [2.05, 4.69) is 33.4 Å². The molecule has 1 amide bonds. The van der Waals surface area contributed by atoms with Gasteiger partial charge < -0.3 is 5.32 Å². The van der Waals surface area contributed by atoms with Crippen molar-refractivity contribution in [1.29, 1.82) is 0 Å². The number of anilines is 1. The maximum absolute atomic E-state index is 12.4. The molecule has 0 heterocycles. The average Bonchev–Trinajstić information content (AvgIpc) is 2.48. The van der Waals surface area contributed by atoms with Gasteiger partial charge in [0.15, 0.2) is 0 Å². The minimum absolute atomic E-state index is 0.0531. The summed E-state index contributed by atoms with van der Waals surface area (Å²) in [7, 11) is 0. The van der Waals surface area contributed by atoms with Crippen molar-refractivity contribution in [2.24, 2.45) is 0 Å². The Morgan fingerprint density at radius 2 is 1.82 bits per heavy atom. The number of nitrogens with one attached hydrogen (secondary N) is 1. The Morgan fingerprint density at radius 3 is 2.45 bits per heavy atom. The van der Waals surface area contributed by atoms with E-state index in [1.807, 2.05) is 51.1 Å². The lowest BCUT2D eigenvalue weighted by molar-refractivity contribution is -0.115. The van der Waals surface area contributed by atoms with E-state index in [9.17, 15) is 4.79 Å². The van der Waals surface area contributed by atoms with Gasteiger partial charge in [-0.25, -0.2) is 0 Å². The Bertz CT molecular complexity index is 652. The van der Waals surface area contributed by atoms with Crippen LogP contribution < -0.4 is 5.32 Å². The standard InChI is InChI=1S/C18H20BrNOS/c1-12-6-4-7-13(2)17(12)20-18(21)14(3)22-11-15-8-5-9-16(19)10-15/h4-10,14H,11H2,1-3H3,(H,20,21)/t14-/m1/s1. The molecule has 1 atom stereocenters. The Hall–Kier alpha value is -1.26. The van der Waals surface area contributed by atoms with E-state index in [-0.39, 0.29) is 11.2 Å². The third kappa shape index (κ3) is 4.62. The number of para-hydroxylation sites is 1. The van der Waals surface area contributed by atoms with Crippen LogP contribution in [0.3, 0.4) is 0 Å². The summed E-state index contributed by atoms with van der Waals surface area (Å²) in [6, 6.07) is 14.2. The fourth-order valence-electron chi connectivity index (χ4n) is 2.16. The molecule has 2 aromatic rings. The number of carbonyl (C=O) groups excluding carboxylic acids is 1. The molecule has 0 fully saturated rings. The van der Waals surface area contributed by atoms with Gasteiger partial charge in [0.25, 0.3) is 0 Å². The molecule has 1 N–H and O–H groups in total. The highest BCUT2D eigenvalue weighted by atomic mass is 79.9. The lowest BCUT2D eigenvalue weighted by atomic mass is 10.1. The third-order valence-electron chi connectivity index (χ3n) is 3.49. The molecule has 4 heteroatoms. The van der Waals surface area contributed by atoms with Gasteiger partial charge in [-0.15, -0.1) is 11.8 Å². The van der Waals surface area contributed by atoms with Crippen LogP contribution in [0.2, 0.25) is 0 Å². The minimum Gasteiger partial charge on any atom is -0.325 e. The van der Waals surface area contributed by atoms with Crippen LogP contribution in [-0.2, 0) is 10.5 Å². The number of carbonyl (C=O) groups is 1. The number of hydrogen-bond acceptors (Lipinski definition) is 2. The molecule has 0 unspecified atom stereocenters. The Morgan fingerprint density at radius 1 is 1.18 bits per heavy atom. The van der Waals surface area contributed by atoms with Crippen molar-refractivity contribution in [3.8, 4) is 0 Å². The molecule has 0 radical (unpaired) electrons. The van der Waals surface area contributed by atoms with Gasteiger partial charge in [0.2, 0.25) is 5.91 Å². The topological polar surface area (TPSA) is 29.1 Å². The zero-order valence-electron chi connectivity index (χ0n) is 13.0. The van der Waals surface area contributed by atoms with E-state index in [0.717, 1.165) is 27.0 Å². The maximum Gasteiger partial charge on any atom is 0.237 e. The van der Waals surface area contributed by atoms with E-state index in [1.165, 1.54) is 5.56 Å². The van der Waals surface area contributed by atoms with E-state index >= 15 is 0 Å². The number of benzene rings is 2. The molecule has 0 aliphatic rings. The van der Waals surface area contributed by atoms with Crippen LogP contribution in [0.5, 0.6) is 0 Å². The summed E-state index contributed by atoms with van der Waals surface area (Å²) in [5.74, 6) is 0.873. The molecule has 2 nitrogen and oxygen atoms in total. The second-order valence-electron chi connectivity index (χ2n) is 5.34. The summed E-state index contributed by atoms with van der Waals surface area (Å²) in [5.41, 5.74) is 4.34. The van der Waals surface area contributed by atoms with E-state index in [4.69, 9.17) is 0 Å². The number of hydrogen-bond donors (Lipinski definition) is 1. The van der Waals surface area contributed by atoms with Crippen LogP contribution in [-0.4, -0.2) is 11.2 Å². The van der Waals surface area contributed by atoms with E-state index < -0.39 is 0 Å². The second kappa shape index (κ2) is 7.84. The van der Waals surface area contributed by atoms with Crippen molar-refractivity contribution in [2.45, 2.75) is 31.8 Å². The Labute approximate surface area is 144 Å². The minimum atomic E-state index is -0.0991. The monoisotopic (exact) mass is 377 g/mol. The lowest BCUT2D eigenvalue weighted by Gasteiger charge is -2.15. The van der Waals surface area contributed by atoms with E-state index in [1.54, 1.807) is 11.8 Å². The van der Waals surface area contributed by atoms with Crippen molar-refractivity contribution in [3.05, 3.63) is 63.6 Å². The van der Waals surface area contributed by atoms with E-state index in [0.29, 0.717) is 0 Å². The largest absolute Gasteiger partial charge is 0.325 e. The van der Waals surface area contributed by atoms with Gasteiger partial charge in [0.1, 0.15) is 0 Å². The fourth-order valence-corrected chi connectivity index (χ4v) is 3.44. The lowest BCUT2D eigenvalue weighted by Crippen LogP contribution is -2.23. The summed E-state index contributed by atoms with van der Waals surface area (Å²) in [4.78, 5) is 12.4. The molecule has 0 aromatic heterocycles. The molecule has 0 saturated heterocycles. The SMILES string of the molecule is Cc1cccc(C)c1NC(=O)[C@@H](C)SCc1cccc(Br)c1. The molecule has 0 spiro atoms. The van der Waals surface area contributed by atoms with Crippen molar-refractivity contribution in [3.63, 3.8) is 0 Å².